The van der Waals surface area contributed by atoms with E-state index < -0.39 is 29.3 Å². The minimum atomic E-state index is -2.12. The van der Waals surface area contributed by atoms with Gasteiger partial charge in [0.05, 0.1) is 6.61 Å². The molecule has 2 nitrogen and oxygen atoms in total. The van der Waals surface area contributed by atoms with Gasteiger partial charge >= 0.3 is 5.97 Å². The molecular formula is C10H10F2O2. The minimum Gasteiger partial charge on any atom is -0.466 e. The number of hydrogen-bond donors (Lipinski definition) is 0. The molecule has 0 N–H and O–H groups in total. The molecular weight excluding hydrogens is 190 g/mol. The standard InChI is InChI=1S/C10H10F2O2/c1-2-14-9(13)8-6-4-3-5-7(11)10(6,8)12/h3-6,8H,2H2,1H3. The van der Waals surface area contributed by atoms with Crippen molar-refractivity contribution in [2.24, 2.45) is 11.8 Å². The summed E-state index contributed by atoms with van der Waals surface area (Å²) in [5, 5.41) is 0. The van der Waals surface area contributed by atoms with Crippen LogP contribution in [0, 0.1) is 11.8 Å². The zero-order valence-corrected chi connectivity index (χ0v) is 7.67. The van der Waals surface area contributed by atoms with E-state index in [0.29, 0.717) is 0 Å². The highest BCUT2D eigenvalue weighted by Gasteiger charge is 2.73. The largest absolute Gasteiger partial charge is 0.466 e. The molecule has 0 radical (unpaired) electrons. The normalized spacial score (nSPS) is 38.6. The van der Waals surface area contributed by atoms with Crippen LogP contribution >= 0.6 is 0 Å². The van der Waals surface area contributed by atoms with Gasteiger partial charge in [0.15, 0.2) is 5.67 Å². The molecule has 4 heteroatoms. The molecule has 14 heavy (non-hydrogen) atoms. The van der Waals surface area contributed by atoms with Crippen molar-refractivity contribution in [3.8, 4) is 0 Å². The van der Waals surface area contributed by atoms with Gasteiger partial charge in [-0.25, -0.2) is 8.78 Å². The summed E-state index contributed by atoms with van der Waals surface area (Å²) in [5.41, 5.74) is -2.12. The lowest BCUT2D eigenvalue weighted by Gasteiger charge is -2.05. The molecule has 1 fully saturated rings. The Bertz CT molecular complexity index is 335. The average Bonchev–Trinajstić information content (AvgIpc) is 2.74. The van der Waals surface area contributed by atoms with Crippen LogP contribution in [-0.4, -0.2) is 18.2 Å². The maximum absolute atomic E-state index is 13.8. The lowest BCUT2D eigenvalue weighted by atomic mass is 10.1. The van der Waals surface area contributed by atoms with Crippen molar-refractivity contribution >= 4 is 5.97 Å². The molecule has 0 aromatic rings. The summed E-state index contributed by atoms with van der Waals surface area (Å²) < 4.78 is 31.5. The van der Waals surface area contributed by atoms with Crippen LogP contribution in [-0.2, 0) is 9.53 Å². The Balaban J connectivity index is 2.17. The quantitative estimate of drug-likeness (QED) is 0.636. The third kappa shape index (κ3) is 1.03. The van der Waals surface area contributed by atoms with E-state index in [9.17, 15) is 13.6 Å². The molecule has 2 aliphatic rings. The van der Waals surface area contributed by atoms with Crippen molar-refractivity contribution in [2.45, 2.75) is 12.6 Å². The third-order valence-electron chi connectivity index (χ3n) is 2.66. The van der Waals surface area contributed by atoms with Gasteiger partial charge in [0.2, 0.25) is 0 Å². The zero-order valence-electron chi connectivity index (χ0n) is 7.67. The highest BCUT2D eigenvalue weighted by atomic mass is 19.2. The number of halogens is 2. The molecule has 3 unspecified atom stereocenters. The molecule has 1 saturated carbocycles. The molecule has 0 spiro atoms. The van der Waals surface area contributed by atoms with E-state index in [1.54, 1.807) is 6.92 Å². The number of esters is 1. The molecule has 3 atom stereocenters. The number of carbonyl (C=O) groups is 1. The predicted molar refractivity (Wildman–Crippen MR) is 45.8 cm³/mol. The van der Waals surface area contributed by atoms with Crippen LogP contribution in [0.1, 0.15) is 6.92 Å². The van der Waals surface area contributed by atoms with Gasteiger partial charge in [-0.05, 0) is 13.0 Å². The topological polar surface area (TPSA) is 26.3 Å². The van der Waals surface area contributed by atoms with Gasteiger partial charge in [-0.2, -0.15) is 0 Å². The summed E-state index contributed by atoms with van der Waals surface area (Å²) in [6.45, 7) is 1.82. The van der Waals surface area contributed by atoms with Crippen LogP contribution in [0.5, 0.6) is 0 Å². The van der Waals surface area contributed by atoms with Gasteiger partial charge in [-0.15, -0.1) is 0 Å². The van der Waals surface area contributed by atoms with E-state index in [-0.39, 0.29) is 6.61 Å². The van der Waals surface area contributed by atoms with Crippen LogP contribution in [0.2, 0.25) is 0 Å². The summed E-state index contributed by atoms with van der Waals surface area (Å²) in [5.74, 6) is -3.19. The van der Waals surface area contributed by atoms with E-state index in [1.807, 2.05) is 0 Å². The summed E-state index contributed by atoms with van der Waals surface area (Å²) in [6, 6.07) is 0. The van der Waals surface area contributed by atoms with E-state index >= 15 is 0 Å². The second kappa shape index (κ2) is 2.90. The maximum Gasteiger partial charge on any atom is 0.313 e. The van der Waals surface area contributed by atoms with Crippen LogP contribution < -0.4 is 0 Å². The second-order valence-corrected chi connectivity index (χ2v) is 3.42. The van der Waals surface area contributed by atoms with Gasteiger partial charge in [0.1, 0.15) is 11.7 Å². The summed E-state index contributed by atoms with van der Waals surface area (Å²) >= 11 is 0. The Hall–Kier alpha value is -1.19. The molecule has 0 aromatic carbocycles. The Labute approximate surface area is 80.2 Å². The number of hydrogen-bond acceptors (Lipinski definition) is 2. The Morgan fingerprint density at radius 1 is 1.71 bits per heavy atom. The average molecular weight is 200 g/mol. The molecule has 0 heterocycles. The van der Waals surface area contributed by atoms with Gasteiger partial charge in [-0.3, -0.25) is 4.79 Å². The van der Waals surface area contributed by atoms with E-state index in [0.717, 1.165) is 6.08 Å². The Morgan fingerprint density at radius 2 is 2.43 bits per heavy atom. The number of alkyl halides is 1. The fourth-order valence-corrected chi connectivity index (χ4v) is 1.88. The van der Waals surface area contributed by atoms with E-state index in [4.69, 9.17) is 0 Å². The van der Waals surface area contributed by atoms with Crippen molar-refractivity contribution < 1.29 is 18.3 Å². The summed E-state index contributed by atoms with van der Waals surface area (Å²) in [7, 11) is 0. The first-order valence-corrected chi connectivity index (χ1v) is 4.52. The SMILES string of the molecule is CCOC(=O)C1C2C=CC=C(F)C21F. The minimum absolute atomic E-state index is 0.188. The van der Waals surface area contributed by atoms with Gasteiger partial charge in [0.25, 0.3) is 0 Å². The first-order valence-electron chi connectivity index (χ1n) is 4.52. The molecule has 0 saturated heterocycles. The fourth-order valence-electron chi connectivity index (χ4n) is 1.88. The first kappa shape index (κ1) is 9.37. The number of allylic oxidation sites excluding steroid dienone is 4. The van der Waals surface area contributed by atoms with E-state index in [1.165, 1.54) is 12.2 Å². The van der Waals surface area contributed by atoms with Crippen molar-refractivity contribution in [1.82, 2.24) is 0 Å². The van der Waals surface area contributed by atoms with E-state index in [2.05, 4.69) is 4.74 Å². The highest BCUT2D eigenvalue weighted by molar-refractivity contribution is 5.81. The molecule has 2 rings (SSSR count). The fraction of sp³-hybridized carbons (Fsp3) is 0.500. The predicted octanol–water partition coefficient (Wildman–Crippen LogP) is 1.93. The van der Waals surface area contributed by atoms with Crippen LogP contribution in [0.15, 0.2) is 24.1 Å². The third-order valence-corrected chi connectivity index (χ3v) is 2.66. The molecule has 0 amide bonds. The van der Waals surface area contributed by atoms with Crippen LogP contribution in [0.4, 0.5) is 8.78 Å². The van der Waals surface area contributed by atoms with Crippen LogP contribution in [0.3, 0.4) is 0 Å². The van der Waals surface area contributed by atoms with Crippen molar-refractivity contribution in [3.63, 3.8) is 0 Å². The Kier molecular flexibility index (Phi) is 1.94. The van der Waals surface area contributed by atoms with Crippen molar-refractivity contribution in [2.75, 3.05) is 6.61 Å². The monoisotopic (exact) mass is 200 g/mol. The number of fused-ring (bicyclic) bond motifs is 1. The smallest absolute Gasteiger partial charge is 0.313 e. The molecule has 2 aliphatic carbocycles. The van der Waals surface area contributed by atoms with Gasteiger partial charge in [0, 0.05) is 5.92 Å². The lowest BCUT2D eigenvalue weighted by molar-refractivity contribution is -0.145. The summed E-state index contributed by atoms with van der Waals surface area (Å²) in [6.07, 6.45) is 3.98. The molecule has 0 bridgehead atoms. The van der Waals surface area contributed by atoms with Crippen molar-refractivity contribution in [3.05, 3.63) is 24.1 Å². The molecule has 76 valence electrons. The lowest BCUT2D eigenvalue weighted by Crippen LogP contribution is -2.15. The first-order chi connectivity index (χ1) is 6.62. The maximum atomic E-state index is 13.8. The number of ether oxygens (including phenoxy) is 1. The van der Waals surface area contributed by atoms with Crippen LogP contribution in [0.25, 0.3) is 0 Å². The highest BCUT2D eigenvalue weighted by Crippen LogP contribution is 2.61. The van der Waals surface area contributed by atoms with Gasteiger partial charge in [-0.1, -0.05) is 12.2 Å². The Morgan fingerprint density at radius 3 is 3.00 bits per heavy atom. The molecule has 0 aromatic heterocycles. The summed E-state index contributed by atoms with van der Waals surface area (Å²) in [4.78, 5) is 11.2. The molecule has 0 aliphatic heterocycles. The van der Waals surface area contributed by atoms with Crippen molar-refractivity contribution in [1.29, 1.82) is 0 Å². The second-order valence-electron chi connectivity index (χ2n) is 3.42. The zero-order chi connectivity index (χ0) is 10.3. The number of rotatable bonds is 2. The van der Waals surface area contributed by atoms with Gasteiger partial charge < -0.3 is 4.74 Å². The number of carbonyl (C=O) groups excluding carboxylic acids is 1.